The maximum absolute atomic E-state index is 6.81. The van der Waals surface area contributed by atoms with Gasteiger partial charge in [0, 0.05) is 0 Å². The number of benzene rings is 1. The molecule has 0 heterocycles. The maximum Gasteiger partial charge on any atom is 0.142 e. The van der Waals surface area contributed by atoms with Crippen LogP contribution in [0.1, 0.15) is 237 Å². The summed E-state index contributed by atoms with van der Waals surface area (Å²) in [7, 11) is 4.55. The molecule has 1 rings (SSSR count). The third-order valence-electron chi connectivity index (χ3n) is 10.5. The number of rotatable bonds is 37. The predicted octanol–water partition coefficient (Wildman–Crippen LogP) is 15.6. The van der Waals surface area contributed by atoms with Gasteiger partial charge in [0.25, 0.3) is 0 Å². The Bertz CT molecular complexity index is 731. The van der Waals surface area contributed by atoms with Crippen molar-refractivity contribution in [2.45, 2.75) is 232 Å². The van der Waals surface area contributed by atoms with Crippen LogP contribution in [0.3, 0.4) is 0 Å². The van der Waals surface area contributed by atoms with E-state index in [4.69, 9.17) is 4.84 Å². The van der Waals surface area contributed by atoms with Gasteiger partial charge < -0.3 is 0 Å². The summed E-state index contributed by atoms with van der Waals surface area (Å²) in [4.78, 5) is 6.81. The number of nitrogens with zero attached hydrogens (tertiary/aromatic N) is 1. The standard InChI is InChI=1S/C45H86NO/c1-5-7-9-11-13-15-17-19-21-23-25-27-29-31-33-38-42-45(44-40-36-35-37-41-44)47-46(3,4)43-39-34-32-30-28-26-24-22-20-18-16-14-12-10-8-6-2/h35-37,40-41,45H,5-34,38-39,42-43H2,1-4H3/q+1. The highest BCUT2D eigenvalue weighted by Gasteiger charge is 2.24. The fourth-order valence-corrected chi connectivity index (χ4v) is 7.26. The second-order valence-corrected chi connectivity index (χ2v) is 15.7. The molecule has 0 aliphatic carbocycles. The van der Waals surface area contributed by atoms with Gasteiger partial charge in [-0.15, -0.1) is 0 Å². The van der Waals surface area contributed by atoms with Crippen LogP contribution in [0, 0.1) is 0 Å². The molecule has 0 aliphatic rings. The number of unbranched alkanes of at least 4 members (excludes halogenated alkanes) is 30. The van der Waals surface area contributed by atoms with Crippen molar-refractivity contribution in [2.24, 2.45) is 0 Å². The lowest BCUT2D eigenvalue weighted by Crippen LogP contribution is -2.41. The van der Waals surface area contributed by atoms with Crippen molar-refractivity contribution in [1.82, 2.24) is 0 Å². The molecule has 1 atom stereocenters. The van der Waals surface area contributed by atoms with E-state index in [1.165, 1.54) is 211 Å². The van der Waals surface area contributed by atoms with Gasteiger partial charge in [-0.1, -0.05) is 237 Å². The molecule has 0 bridgehead atoms. The zero-order chi connectivity index (χ0) is 33.9. The number of quaternary nitrogens is 1. The summed E-state index contributed by atoms with van der Waals surface area (Å²) >= 11 is 0. The van der Waals surface area contributed by atoms with E-state index in [1.807, 2.05) is 0 Å². The molecule has 0 saturated heterocycles. The van der Waals surface area contributed by atoms with Gasteiger partial charge in [0.2, 0.25) is 0 Å². The largest absolute Gasteiger partial charge is 0.195 e. The first kappa shape index (κ1) is 44.2. The van der Waals surface area contributed by atoms with E-state index >= 15 is 0 Å². The number of hydrogen-bond donors (Lipinski definition) is 0. The average Bonchev–Trinajstić information content (AvgIpc) is 3.07. The van der Waals surface area contributed by atoms with Gasteiger partial charge in [-0.05, 0) is 24.8 Å². The predicted molar refractivity (Wildman–Crippen MR) is 211 cm³/mol. The Morgan fingerprint density at radius 3 is 1.04 bits per heavy atom. The first-order valence-electron chi connectivity index (χ1n) is 21.7. The Hall–Kier alpha value is -0.860. The van der Waals surface area contributed by atoms with Crippen LogP contribution in [-0.2, 0) is 4.84 Å². The Kier molecular flexibility index (Phi) is 31.6. The molecule has 0 amide bonds. The molecule has 0 aliphatic heterocycles. The minimum Gasteiger partial charge on any atom is -0.195 e. The fraction of sp³-hybridized carbons (Fsp3) is 0.867. The lowest BCUT2D eigenvalue weighted by atomic mass is 10.0. The topological polar surface area (TPSA) is 9.23 Å². The molecule has 2 nitrogen and oxygen atoms in total. The highest BCUT2D eigenvalue weighted by atomic mass is 16.7. The van der Waals surface area contributed by atoms with Crippen LogP contribution >= 0.6 is 0 Å². The third-order valence-corrected chi connectivity index (χ3v) is 10.5. The Morgan fingerprint density at radius 2 is 0.702 bits per heavy atom. The molecule has 0 N–H and O–H groups in total. The van der Waals surface area contributed by atoms with E-state index < -0.39 is 0 Å². The molecular weight excluding hydrogens is 571 g/mol. The van der Waals surface area contributed by atoms with E-state index in [0.717, 1.165) is 13.0 Å². The molecule has 1 unspecified atom stereocenters. The molecule has 1 aromatic carbocycles. The van der Waals surface area contributed by atoms with Gasteiger partial charge in [0.1, 0.15) is 12.6 Å². The molecule has 47 heavy (non-hydrogen) atoms. The van der Waals surface area contributed by atoms with E-state index in [1.54, 1.807) is 0 Å². The summed E-state index contributed by atoms with van der Waals surface area (Å²) < 4.78 is 0.678. The molecule has 1 aromatic rings. The van der Waals surface area contributed by atoms with Crippen LogP contribution in [0.5, 0.6) is 0 Å². The Labute approximate surface area is 297 Å². The van der Waals surface area contributed by atoms with Crippen molar-refractivity contribution in [2.75, 3.05) is 20.6 Å². The molecular formula is C45H86NO+. The number of hydrogen-bond acceptors (Lipinski definition) is 1. The average molecular weight is 657 g/mol. The zero-order valence-corrected chi connectivity index (χ0v) is 32.9. The van der Waals surface area contributed by atoms with E-state index in [2.05, 4.69) is 58.3 Å². The summed E-state index contributed by atoms with van der Waals surface area (Å²) in [6.45, 7) is 5.72. The third kappa shape index (κ3) is 29.7. The van der Waals surface area contributed by atoms with Crippen molar-refractivity contribution < 1.29 is 9.48 Å². The Morgan fingerprint density at radius 1 is 0.404 bits per heavy atom. The summed E-state index contributed by atoms with van der Waals surface area (Å²) in [5.41, 5.74) is 1.35. The number of hydroxylamine groups is 3. The first-order valence-corrected chi connectivity index (χ1v) is 21.7. The minimum atomic E-state index is 0.207. The van der Waals surface area contributed by atoms with Crippen LogP contribution in [0.2, 0.25) is 0 Å². The fourth-order valence-electron chi connectivity index (χ4n) is 7.26. The van der Waals surface area contributed by atoms with E-state index in [0.29, 0.717) is 4.65 Å². The van der Waals surface area contributed by atoms with Gasteiger partial charge in [-0.3, -0.25) is 0 Å². The van der Waals surface area contributed by atoms with E-state index in [9.17, 15) is 0 Å². The van der Waals surface area contributed by atoms with Crippen LogP contribution in [-0.4, -0.2) is 25.3 Å². The molecule has 2 heteroatoms. The monoisotopic (exact) mass is 657 g/mol. The van der Waals surface area contributed by atoms with Crippen LogP contribution in [0.25, 0.3) is 0 Å². The lowest BCUT2D eigenvalue weighted by Gasteiger charge is -2.31. The summed E-state index contributed by atoms with van der Waals surface area (Å²) in [6, 6.07) is 11.0. The summed E-state index contributed by atoms with van der Waals surface area (Å²) in [5, 5.41) is 0. The Balaban J connectivity index is 2.07. The van der Waals surface area contributed by atoms with Crippen molar-refractivity contribution >= 4 is 0 Å². The highest BCUT2D eigenvalue weighted by molar-refractivity contribution is 5.17. The van der Waals surface area contributed by atoms with E-state index in [-0.39, 0.29) is 6.10 Å². The second-order valence-electron chi connectivity index (χ2n) is 15.7. The zero-order valence-electron chi connectivity index (χ0n) is 32.9. The maximum atomic E-state index is 6.81. The lowest BCUT2D eigenvalue weighted by molar-refractivity contribution is -1.08. The molecule has 0 saturated carbocycles. The van der Waals surface area contributed by atoms with Gasteiger partial charge in [-0.2, -0.15) is 9.48 Å². The second kappa shape index (κ2) is 33.6. The molecule has 0 aromatic heterocycles. The molecule has 276 valence electrons. The van der Waals surface area contributed by atoms with Crippen LogP contribution < -0.4 is 0 Å². The molecule has 0 radical (unpaired) electrons. The summed E-state index contributed by atoms with van der Waals surface area (Å²) in [6.07, 6.45) is 46.9. The summed E-state index contributed by atoms with van der Waals surface area (Å²) in [5.74, 6) is 0. The normalized spacial score (nSPS) is 12.6. The quantitative estimate of drug-likeness (QED) is 0.0393. The molecule has 0 spiro atoms. The van der Waals surface area contributed by atoms with Gasteiger partial charge in [0.15, 0.2) is 0 Å². The minimum absolute atomic E-state index is 0.207. The van der Waals surface area contributed by atoms with Crippen LogP contribution in [0.4, 0.5) is 0 Å². The SMILES string of the molecule is CCCCCCCCCCCCCCCCCCC(O[N+](C)(C)CCCCCCCCCCCCCCCCCC)c1ccccc1. The molecule has 0 fully saturated rings. The van der Waals surface area contributed by atoms with Crippen molar-refractivity contribution in [3.05, 3.63) is 35.9 Å². The van der Waals surface area contributed by atoms with Crippen molar-refractivity contribution in [3.8, 4) is 0 Å². The smallest absolute Gasteiger partial charge is 0.142 e. The highest BCUT2D eigenvalue weighted by Crippen LogP contribution is 2.28. The van der Waals surface area contributed by atoms with Crippen molar-refractivity contribution in [1.29, 1.82) is 0 Å². The van der Waals surface area contributed by atoms with Crippen LogP contribution in [0.15, 0.2) is 30.3 Å². The van der Waals surface area contributed by atoms with Gasteiger partial charge >= 0.3 is 0 Å². The van der Waals surface area contributed by atoms with Gasteiger partial charge in [-0.25, -0.2) is 0 Å². The van der Waals surface area contributed by atoms with Gasteiger partial charge in [0.05, 0.1) is 14.1 Å². The first-order chi connectivity index (χ1) is 23.1. The van der Waals surface area contributed by atoms with Crippen molar-refractivity contribution in [3.63, 3.8) is 0 Å².